The van der Waals surface area contributed by atoms with Crippen molar-refractivity contribution in [2.75, 3.05) is 26.2 Å². The van der Waals surface area contributed by atoms with Gasteiger partial charge in [-0.25, -0.2) is 4.79 Å². The standard InChI is InChI=1S/C21H24N2O5/c1-15-11-17(7-8-19(15)24)20(25)22-12-18-13-23(9-10-27-18)21(26)28-14-16-5-3-2-4-6-16/h2-8,11,18,24H,9-10,12-14H2,1H3,(H,22,25). The fourth-order valence-electron chi connectivity index (χ4n) is 2.92. The molecule has 148 valence electrons. The lowest BCUT2D eigenvalue weighted by molar-refractivity contribution is -0.0263. The smallest absolute Gasteiger partial charge is 0.410 e. The third kappa shape index (κ3) is 5.23. The fraction of sp³-hybridized carbons (Fsp3) is 0.333. The minimum atomic E-state index is -0.391. The van der Waals surface area contributed by atoms with Gasteiger partial charge in [0.25, 0.3) is 5.91 Å². The predicted octanol–water partition coefficient (Wildman–Crippen LogP) is 2.47. The maximum absolute atomic E-state index is 12.3. The van der Waals surface area contributed by atoms with E-state index in [1.165, 1.54) is 6.07 Å². The number of aromatic hydroxyl groups is 1. The summed E-state index contributed by atoms with van der Waals surface area (Å²) in [7, 11) is 0. The van der Waals surface area contributed by atoms with Crippen molar-refractivity contribution in [1.29, 1.82) is 0 Å². The molecule has 28 heavy (non-hydrogen) atoms. The zero-order valence-corrected chi connectivity index (χ0v) is 15.8. The van der Waals surface area contributed by atoms with Gasteiger partial charge in [0, 0.05) is 18.7 Å². The SMILES string of the molecule is Cc1cc(C(=O)NCC2CN(C(=O)OCc3ccccc3)CCO2)ccc1O. The highest BCUT2D eigenvalue weighted by atomic mass is 16.6. The van der Waals surface area contributed by atoms with E-state index in [9.17, 15) is 14.7 Å². The highest BCUT2D eigenvalue weighted by molar-refractivity contribution is 5.94. The largest absolute Gasteiger partial charge is 0.508 e. The van der Waals surface area contributed by atoms with Crippen molar-refractivity contribution in [3.63, 3.8) is 0 Å². The summed E-state index contributed by atoms with van der Waals surface area (Å²) in [4.78, 5) is 26.1. The van der Waals surface area contributed by atoms with E-state index in [1.807, 2.05) is 30.3 Å². The molecule has 0 aromatic heterocycles. The van der Waals surface area contributed by atoms with Gasteiger partial charge < -0.3 is 24.8 Å². The molecular weight excluding hydrogens is 360 g/mol. The molecular formula is C21H24N2O5. The molecule has 2 N–H and O–H groups in total. The van der Waals surface area contributed by atoms with Crippen LogP contribution in [-0.2, 0) is 16.1 Å². The summed E-state index contributed by atoms with van der Waals surface area (Å²) in [5, 5.41) is 12.4. The first-order chi connectivity index (χ1) is 13.5. The number of rotatable bonds is 5. The molecule has 0 saturated carbocycles. The monoisotopic (exact) mass is 384 g/mol. The minimum absolute atomic E-state index is 0.150. The summed E-state index contributed by atoms with van der Waals surface area (Å²) >= 11 is 0. The lowest BCUT2D eigenvalue weighted by Gasteiger charge is -2.32. The highest BCUT2D eigenvalue weighted by Crippen LogP contribution is 2.17. The van der Waals surface area contributed by atoms with Crippen LogP contribution in [0, 0.1) is 6.92 Å². The van der Waals surface area contributed by atoms with Crippen LogP contribution in [0.2, 0.25) is 0 Å². The number of morpholine rings is 1. The molecule has 3 rings (SSSR count). The number of ether oxygens (including phenoxy) is 2. The Morgan fingerprint density at radius 2 is 2.04 bits per heavy atom. The van der Waals surface area contributed by atoms with Crippen molar-refractivity contribution in [3.8, 4) is 5.75 Å². The second-order valence-electron chi connectivity index (χ2n) is 6.69. The van der Waals surface area contributed by atoms with Crippen LogP contribution in [0.15, 0.2) is 48.5 Å². The number of aryl methyl sites for hydroxylation is 1. The number of amides is 2. The molecule has 1 fully saturated rings. The summed E-state index contributed by atoms with van der Waals surface area (Å²) in [6.07, 6.45) is -0.696. The molecule has 2 amide bonds. The van der Waals surface area contributed by atoms with Gasteiger partial charge in [0.15, 0.2) is 0 Å². The number of nitrogens with one attached hydrogen (secondary N) is 1. The third-order valence-electron chi connectivity index (χ3n) is 4.55. The Morgan fingerprint density at radius 1 is 1.25 bits per heavy atom. The predicted molar refractivity (Wildman–Crippen MR) is 103 cm³/mol. The van der Waals surface area contributed by atoms with E-state index in [2.05, 4.69) is 5.32 Å². The zero-order valence-electron chi connectivity index (χ0n) is 15.8. The fourth-order valence-corrected chi connectivity index (χ4v) is 2.92. The summed E-state index contributed by atoms with van der Waals surface area (Å²) in [6.45, 7) is 3.42. The third-order valence-corrected chi connectivity index (χ3v) is 4.55. The molecule has 2 aromatic rings. The number of hydrogen-bond acceptors (Lipinski definition) is 5. The van der Waals surface area contributed by atoms with Crippen molar-refractivity contribution in [3.05, 3.63) is 65.2 Å². The summed E-state index contributed by atoms with van der Waals surface area (Å²) < 4.78 is 11.0. The number of nitrogens with zero attached hydrogens (tertiary/aromatic N) is 1. The quantitative estimate of drug-likeness (QED) is 0.827. The Kier molecular flexibility index (Phi) is 6.49. The van der Waals surface area contributed by atoms with Crippen LogP contribution in [0.1, 0.15) is 21.5 Å². The maximum Gasteiger partial charge on any atom is 0.410 e. The van der Waals surface area contributed by atoms with Gasteiger partial charge in [0.05, 0.1) is 19.3 Å². The minimum Gasteiger partial charge on any atom is -0.508 e. The first-order valence-electron chi connectivity index (χ1n) is 9.18. The van der Waals surface area contributed by atoms with Crippen LogP contribution in [0.5, 0.6) is 5.75 Å². The molecule has 0 bridgehead atoms. The Balaban J connectivity index is 1.47. The first kappa shape index (κ1) is 19.7. The van der Waals surface area contributed by atoms with Crippen LogP contribution in [0.25, 0.3) is 0 Å². The van der Waals surface area contributed by atoms with E-state index < -0.39 is 6.09 Å². The zero-order chi connectivity index (χ0) is 19.9. The number of phenolic OH excluding ortho intramolecular Hbond substituents is 1. The average molecular weight is 384 g/mol. The van der Waals surface area contributed by atoms with Crippen LogP contribution in [0.3, 0.4) is 0 Å². The van der Waals surface area contributed by atoms with Gasteiger partial charge in [-0.15, -0.1) is 0 Å². The molecule has 7 heteroatoms. The van der Waals surface area contributed by atoms with Crippen LogP contribution in [-0.4, -0.2) is 54.4 Å². The normalized spacial score (nSPS) is 16.5. The van der Waals surface area contributed by atoms with E-state index in [0.717, 1.165) is 5.56 Å². The van der Waals surface area contributed by atoms with Gasteiger partial charge in [0.1, 0.15) is 12.4 Å². The lowest BCUT2D eigenvalue weighted by atomic mass is 10.1. The highest BCUT2D eigenvalue weighted by Gasteiger charge is 2.25. The molecule has 1 saturated heterocycles. The topological polar surface area (TPSA) is 88.1 Å². The van der Waals surface area contributed by atoms with Crippen molar-refractivity contribution in [2.24, 2.45) is 0 Å². The second kappa shape index (κ2) is 9.23. The molecule has 1 atom stereocenters. The van der Waals surface area contributed by atoms with E-state index in [0.29, 0.717) is 30.8 Å². The van der Waals surface area contributed by atoms with Crippen molar-refractivity contribution in [1.82, 2.24) is 10.2 Å². The molecule has 0 aliphatic carbocycles. The van der Waals surface area contributed by atoms with Crippen molar-refractivity contribution in [2.45, 2.75) is 19.6 Å². The number of benzene rings is 2. The molecule has 7 nitrogen and oxygen atoms in total. The molecule has 2 aromatic carbocycles. The number of carbonyl (C=O) groups is 2. The lowest BCUT2D eigenvalue weighted by Crippen LogP contribution is -2.49. The van der Waals surface area contributed by atoms with Gasteiger partial charge in [0.2, 0.25) is 0 Å². The summed E-state index contributed by atoms with van der Waals surface area (Å²) in [5.74, 6) is -0.104. The molecule has 0 spiro atoms. The maximum atomic E-state index is 12.3. The second-order valence-corrected chi connectivity index (χ2v) is 6.69. The van der Waals surface area contributed by atoms with Crippen molar-refractivity contribution >= 4 is 12.0 Å². The average Bonchev–Trinajstić information content (AvgIpc) is 2.73. The number of carbonyl (C=O) groups excluding carboxylic acids is 2. The van der Waals surface area contributed by atoms with E-state index in [-0.39, 0.29) is 30.9 Å². The molecule has 1 heterocycles. The van der Waals surface area contributed by atoms with Crippen LogP contribution < -0.4 is 5.32 Å². The first-order valence-corrected chi connectivity index (χ1v) is 9.18. The Hall–Kier alpha value is -3.06. The summed E-state index contributed by atoms with van der Waals surface area (Å²) in [6, 6.07) is 14.2. The Morgan fingerprint density at radius 3 is 2.79 bits per heavy atom. The van der Waals surface area contributed by atoms with Gasteiger partial charge in [-0.2, -0.15) is 0 Å². The van der Waals surface area contributed by atoms with E-state index in [4.69, 9.17) is 9.47 Å². The van der Waals surface area contributed by atoms with Gasteiger partial charge in [-0.05, 0) is 36.2 Å². The Labute approximate surface area is 163 Å². The number of phenols is 1. The Bertz CT molecular complexity index is 825. The number of hydrogen-bond donors (Lipinski definition) is 2. The van der Waals surface area contributed by atoms with Gasteiger partial charge in [-0.1, -0.05) is 30.3 Å². The van der Waals surface area contributed by atoms with Gasteiger partial charge >= 0.3 is 6.09 Å². The molecule has 1 unspecified atom stereocenters. The van der Waals surface area contributed by atoms with E-state index in [1.54, 1.807) is 24.0 Å². The van der Waals surface area contributed by atoms with Crippen LogP contribution in [0.4, 0.5) is 4.79 Å². The van der Waals surface area contributed by atoms with E-state index >= 15 is 0 Å². The molecule has 1 aliphatic rings. The molecule has 0 radical (unpaired) electrons. The molecule has 1 aliphatic heterocycles. The van der Waals surface area contributed by atoms with Crippen molar-refractivity contribution < 1.29 is 24.2 Å². The van der Waals surface area contributed by atoms with Gasteiger partial charge in [-0.3, -0.25) is 4.79 Å². The summed E-state index contributed by atoms with van der Waals surface area (Å²) in [5.41, 5.74) is 2.02. The van der Waals surface area contributed by atoms with Crippen LogP contribution >= 0.6 is 0 Å².